The van der Waals surface area contributed by atoms with E-state index >= 15 is 0 Å². The van der Waals surface area contributed by atoms with Crippen LogP contribution in [0.4, 0.5) is 11.4 Å². The van der Waals surface area contributed by atoms with E-state index < -0.39 is 0 Å². The van der Waals surface area contributed by atoms with Crippen LogP contribution in [0.2, 0.25) is 5.02 Å². The highest BCUT2D eigenvalue weighted by atomic mass is 35.5. The van der Waals surface area contributed by atoms with E-state index in [-0.39, 0.29) is 0 Å². The maximum atomic E-state index is 6.20. The van der Waals surface area contributed by atoms with E-state index in [4.69, 9.17) is 20.9 Å². The van der Waals surface area contributed by atoms with Crippen LogP contribution in [0.1, 0.15) is 11.5 Å². The normalized spacial score (nSPS) is 14.4. The second-order valence-electron chi connectivity index (χ2n) is 6.49. The zero-order chi connectivity index (χ0) is 18.6. The number of hydrogen-bond acceptors (Lipinski definition) is 6. The van der Waals surface area contributed by atoms with Crippen molar-refractivity contribution in [3.8, 4) is 11.4 Å². The van der Waals surface area contributed by atoms with Gasteiger partial charge in [-0.05, 0) is 25.1 Å². The lowest BCUT2D eigenvalue weighted by molar-refractivity contribution is 0.123. The molecule has 1 aromatic heterocycles. The second kappa shape index (κ2) is 7.98. The van der Waals surface area contributed by atoms with Gasteiger partial charge in [0.25, 0.3) is 0 Å². The number of aromatic nitrogens is 2. The number of aryl methyl sites for hydroxylation is 1. The van der Waals surface area contributed by atoms with Gasteiger partial charge in [-0.2, -0.15) is 4.98 Å². The summed E-state index contributed by atoms with van der Waals surface area (Å²) in [6.45, 7) is 5.64. The highest BCUT2D eigenvalue weighted by molar-refractivity contribution is 6.31. The van der Waals surface area contributed by atoms with Crippen molar-refractivity contribution in [3.05, 3.63) is 58.9 Å². The fourth-order valence-corrected chi connectivity index (χ4v) is 3.22. The molecule has 7 heteroatoms. The summed E-state index contributed by atoms with van der Waals surface area (Å²) in [7, 11) is 0. The molecule has 1 saturated heterocycles. The van der Waals surface area contributed by atoms with Gasteiger partial charge in [0, 0.05) is 23.7 Å². The minimum atomic E-state index is 0.427. The zero-order valence-corrected chi connectivity index (χ0v) is 15.9. The molecule has 1 fully saturated rings. The molecule has 27 heavy (non-hydrogen) atoms. The Morgan fingerprint density at radius 1 is 1.11 bits per heavy atom. The Kier molecular flexibility index (Phi) is 5.27. The monoisotopic (exact) mass is 384 g/mol. The van der Waals surface area contributed by atoms with Gasteiger partial charge in [0.05, 0.1) is 31.1 Å². The van der Waals surface area contributed by atoms with E-state index in [0.29, 0.717) is 23.3 Å². The topological polar surface area (TPSA) is 63.4 Å². The molecule has 4 rings (SSSR count). The molecule has 6 nitrogen and oxygen atoms in total. The third kappa shape index (κ3) is 4.23. The number of nitrogens with zero attached hydrogens (tertiary/aromatic N) is 3. The van der Waals surface area contributed by atoms with Crippen LogP contribution in [-0.2, 0) is 11.3 Å². The van der Waals surface area contributed by atoms with Crippen molar-refractivity contribution >= 4 is 23.0 Å². The third-order valence-electron chi connectivity index (χ3n) is 4.52. The van der Waals surface area contributed by atoms with Gasteiger partial charge >= 0.3 is 0 Å². The Morgan fingerprint density at radius 3 is 2.67 bits per heavy atom. The lowest BCUT2D eigenvalue weighted by Crippen LogP contribution is -2.36. The van der Waals surface area contributed by atoms with Crippen molar-refractivity contribution in [1.82, 2.24) is 10.1 Å². The van der Waals surface area contributed by atoms with Crippen molar-refractivity contribution in [2.24, 2.45) is 0 Å². The third-order valence-corrected chi connectivity index (χ3v) is 4.75. The van der Waals surface area contributed by atoms with Crippen LogP contribution >= 0.6 is 11.6 Å². The molecule has 2 heterocycles. The lowest BCUT2D eigenvalue weighted by Gasteiger charge is -2.30. The number of halogens is 1. The Balaban J connectivity index is 1.49. The molecule has 1 aliphatic rings. The van der Waals surface area contributed by atoms with Crippen LogP contribution in [0.25, 0.3) is 11.4 Å². The molecular weight excluding hydrogens is 364 g/mol. The number of rotatable bonds is 5. The minimum absolute atomic E-state index is 0.427. The molecule has 0 saturated carbocycles. The molecule has 3 aromatic rings. The summed E-state index contributed by atoms with van der Waals surface area (Å²) < 4.78 is 10.8. The molecule has 0 unspecified atom stereocenters. The molecule has 0 radical (unpaired) electrons. The van der Waals surface area contributed by atoms with E-state index in [9.17, 15) is 0 Å². The summed E-state index contributed by atoms with van der Waals surface area (Å²) in [6.07, 6.45) is 0. The van der Waals surface area contributed by atoms with Crippen LogP contribution in [-0.4, -0.2) is 36.4 Å². The number of hydrogen-bond donors (Lipinski definition) is 1. The molecule has 1 aliphatic heterocycles. The second-order valence-corrected chi connectivity index (χ2v) is 6.93. The smallest absolute Gasteiger partial charge is 0.246 e. The quantitative estimate of drug-likeness (QED) is 0.713. The Bertz CT molecular complexity index is 905. The van der Waals surface area contributed by atoms with Gasteiger partial charge in [0.15, 0.2) is 0 Å². The minimum Gasteiger partial charge on any atom is -0.378 e. The summed E-state index contributed by atoms with van der Waals surface area (Å²) in [5, 5.41) is 8.14. The Labute approximate surface area is 163 Å². The van der Waals surface area contributed by atoms with E-state index in [1.165, 1.54) is 5.56 Å². The van der Waals surface area contributed by atoms with E-state index in [2.05, 4.69) is 20.4 Å². The van der Waals surface area contributed by atoms with Crippen molar-refractivity contribution in [2.45, 2.75) is 13.5 Å². The van der Waals surface area contributed by atoms with Crippen LogP contribution in [0, 0.1) is 6.92 Å². The van der Waals surface area contributed by atoms with Crippen LogP contribution in [0.5, 0.6) is 0 Å². The molecule has 1 N–H and O–H groups in total. The SMILES string of the molecule is Cc1ccc(-c2noc(CNc3cc(Cl)ccc3N3CCOCC3)n2)cc1. The number of morpholine rings is 1. The van der Waals surface area contributed by atoms with Gasteiger partial charge in [-0.25, -0.2) is 0 Å². The predicted octanol–water partition coefficient (Wildman–Crippen LogP) is 4.15. The van der Waals surface area contributed by atoms with Gasteiger partial charge in [-0.15, -0.1) is 0 Å². The fraction of sp³-hybridized carbons (Fsp3) is 0.300. The number of ether oxygens (including phenoxy) is 1. The van der Waals surface area contributed by atoms with Crippen LogP contribution in [0.15, 0.2) is 47.0 Å². The van der Waals surface area contributed by atoms with Gasteiger partial charge in [-0.1, -0.05) is 46.6 Å². The maximum absolute atomic E-state index is 6.20. The average molecular weight is 385 g/mol. The van der Waals surface area contributed by atoms with Crippen molar-refractivity contribution in [3.63, 3.8) is 0 Å². The first-order valence-electron chi connectivity index (χ1n) is 8.95. The van der Waals surface area contributed by atoms with Crippen LogP contribution in [0.3, 0.4) is 0 Å². The standard InChI is InChI=1S/C20H21ClN4O2/c1-14-2-4-15(5-3-14)20-23-19(27-24-20)13-22-17-12-16(21)6-7-18(17)25-8-10-26-11-9-25/h2-7,12,22H,8-11,13H2,1H3. The van der Waals surface area contributed by atoms with Crippen LogP contribution < -0.4 is 10.2 Å². The highest BCUT2D eigenvalue weighted by Crippen LogP contribution is 2.30. The summed E-state index contributed by atoms with van der Waals surface area (Å²) >= 11 is 6.20. The van der Waals surface area contributed by atoms with Crippen molar-refractivity contribution in [2.75, 3.05) is 36.5 Å². The highest BCUT2D eigenvalue weighted by Gasteiger charge is 2.16. The largest absolute Gasteiger partial charge is 0.378 e. The molecule has 0 spiro atoms. The molecule has 0 atom stereocenters. The first-order chi connectivity index (χ1) is 13.2. The zero-order valence-electron chi connectivity index (χ0n) is 15.1. The van der Waals surface area contributed by atoms with Gasteiger partial charge in [0.1, 0.15) is 0 Å². The maximum Gasteiger partial charge on any atom is 0.246 e. The summed E-state index contributed by atoms with van der Waals surface area (Å²) in [6, 6.07) is 13.9. The average Bonchev–Trinajstić information content (AvgIpc) is 3.17. The number of anilines is 2. The van der Waals surface area contributed by atoms with E-state index in [1.807, 2.05) is 49.4 Å². The molecule has 0 bridgehead atoms. The van der Waals surface area contributed by atoms with E-state index in [1.54, 1.807) is 0 Å². The number of nitrogens with one attached hydrogen (secondary N) is 1. The first-order valence-corrected chi connectivity index (χ1v) is 9.32. The molecule has 0 aliphatic carbocycles. The summed E-state index contributed by atoms with van der Waals surface area (Å²) in [5.74, 6) is 1.12. The fourth-order valence-electron chi connectivity index (χ4n) is 3.05. The van der Waals surface area contributed by atoms with E-state index in [0.717, 1.165) is 43.2 Å². The predicted molar refractivity (Wildman–Crippen MR) is 106 cm³/mol. The first kappa shape index (κ1) is 17.8. The van der Waals surface area contributed by atoms with Gasteiger partial charge in [-0.3, -0.25) is 0 Å². The Morgan fingerprint density at radius 2 is 1.89 bits per heavy atom. The molecule has 140 valence electrons. The Hall–Kier alpha value is -2.57. The molecule has 0 amide bonds. The van der Waals surface area contributed by atoms with Crippen molar-refractivity contribution in [1.29, 1.82) is 0 Å². The molecular formula is C20H21ClN4O2. The van der Waals surface area contributed by atoms with Gasteiger partial charge in [0.2, 0.25) is 11.7 Å². The summed E-state index contributed by atoms with van der Waals surface area (Å²) in [4.78, 5) is 6.77. The number of benzene rings is 2. The summed E-state index contributed by atoms with van der Waals surface area (Å²) in [5.41, 5.74) is 4.17. The van der Waals surface area contributed by atoms with Crippen molar-refractivity contribution < 1.29 is 9.26 Å². The van der Waals surface area contributed by atoms with Gasteiger partial charge < -0.3 is 19.5 Å². The molecule has 2 aromatic carbocycles. The lowest BCUT2D eigenvalue weighted by atomic mass is 10.1.